The molecule has 162 valence electrons. The van der Waals surface area contributed by atoms with Crippen molar-refractivity contribution in [3.8, 4) is 0 Å². The van der Waals surface area contributed by atoms with Crippen LogP contribution in [0.4, 0.5) is 5.69 Å². The van der Waals surface area contributed by atoms with Crippen LogP contribution in [-0.2, 0) is 14.8 Å². The summed E-state index contributed by atoms with van der Waals surface area (Å²) in [6.45, 7) is 6.53. The summed E-state index contributed by atoms with van der Waals surface area (Å²) in [6, 6.07) is 4.68. The molecular formula is C20H32N4O4S. The quantitative estimate of drug-likeness (QED) is 0.631. The van der Waals surface area contributed by atoms with Crippen molar-refractivity contribution in [2.45, 2.75) is 31.6 Å². The molecule has 8 nitrogen and oxygen atoms in total. The summed E-state index contributed by atoms with van der Waals surface area (Å²) in [6.07, 6.45) is 2.06. The van der Waals surface area contributed by atoms with Gasteiger partial charge in [-0.15, -0.1) is 0 Å². The summed E-state index contributed by atoms with van der Waals surface area (Å²) < 4.78 is 26.3. The lowest BCUT2D eigenvalue weighted by atomic mass is 10.1. The molecule has 1 aliphatic rings. The zero-order chi connectivity index (χ0) is 21.8. The molecule has 2 amide bonds. The second-order valence-corrected chi connectivity index (χ2v) is 9.54. The molecule has 0 aliphatic carbocycles. The van der Waals surface area contributed by atoms with Gasteiger partial charge in [-0.05, 0) is 44.9 Å². The first kappa shape index (κ1) is 23.2. The van der Waals surface area contributed by atoms with Gasteiger partial charge in [-0.1, -0.05) is 0 Å². The normalized spacial score (nSPS) is 14.3. The smallest absolute Gasteiger partial charge is 0.256 e. The summed E-state index contributed by atoms with van der Waals surface area (Å²) >= 11 is 0. The number of hydrogen-bond donors (Lipinski definition) is 0. The van der Waals surface area contributed by atoms with Crippen LogP contribution < -0.4 is 4.90 Å². The van der Waals surface area contributed by atoms with Gasteiger partial charge in [0.15, 0.2) is 0 Å². The van der Waals surface area contributed by atoms with Crippen LogP contribution in [-0.4, -0.2) is 88.2 Å². The molecule has 0 saturated carbocycles. The maximum absolute atomic E-state index is 13.2. The van der Waals surface area contributed by atoms with E-state index in [2.05, 4.69) is 4.90 Å². The lowest BCUT2D eigenvalue weighted by Crippen LogP contribution is -2.41. The van der Waals surface area contributed by atoms with E-state index < -0.39 is 10.0 Å². The highest BCUT2D eigenvalue weighted by molar-refractivity contribution is 7.89. The third kappa shape index (κ3) is 5.08. The number of likely N-dealkylation sites (N-methyl/N-ethyl adjacent to an activating group) is 2. The van der Waals surface area contributed by atoms with E-state index in [0.717, 1.165) is 30.2 Å². The SMILES string of the molecule is CCN(CC)C(=O)CN(C)C(=O)c1cc(S(=O)(=O)N(C)C)ccc1N1CCCC1. The van der Waals surface area contributed by atoms with Gasteiger partial charge in [-0.25, -0.2) is 12.7 Å². The molecule has 1 aliphatic heterocycles. The average Bonchev–Trinajstić information content (AvgIpc) is 3.22. The summed E-state index contributed by atoms with van der Waals surface area (Å²) in [5.41, 5.74) is 1.03. The molecule has 0 atom stereocenters. The fraction of sp³-hybridized carbons (Fsp3) is 0.600. The van der Waals surface area contributed by atoms with Gasteiger partial charge in [0, 0.05) is 53.0 Å². The van der Waals surface area contributed by atoms with E-state index in [1.807, 2.05) is 13.8 Å². The largest absolute Gasteiger partial charge is 0.371 e. The van der Waals surface area contributed by atoms with Crippen molar-refractivity contribution in [3.05, 3.63) is 23.8 Å². The minimum absolute atomic E-state index is 0.0510. The van der Waals surface area contributed by atoms with E-state index >= 15 is 0 Å². The van der Waals surface area contributed by atoms with Gasteiger partial charge >= 0.3 is 0 Å². The Kier molecular flexibility index (Phi) is 7.65. The number of benzene rings is 1. The summed E-state index contributed by atoms with van der Waals surface area (Å²) in [7, 11) is 0.816. The molecule has 9 heteroatoms. The van der Waals surface area contributed by atoms with Gasteiger partial charge in [0.1, 0.15) is 0 Å². The first-order valence-corrected chi connectivity index (χ1v) is 11.4. The Hall–Kier alpha value is -2.13. The van der Waals surface area contributed by atoms with Crippen molar-refractivity contribution in [3.63, 3.8) is 0 Å². The lowest BCUT2D eigenvalue weighted by Gasteiger charge is -2.26. The van der Waals surface area contributed by atoms with E-state index in [0.29, 0.717) is 24.3 Å². The Morgan fingerprint density at radius 3 is 2.14 bits per heavy atom. The summed E-state index contributed by atoms with van der Waals surface area (Å²) in [5, 5.41) is 0. The molecule has 0 spiro atoms. The molecule has 1 aromatic rings. The fourth-order valence-corrected chi connectivity index (χ4v) is 4.38. The molecule has 1 saturated heterocycles. The first-order chi connectivity index (χ1) is 13.6. The Morgan fingerprint density at radius 2 is 1.62 bits per heavy atom. The van der Waals surface area contributed by atoms with Gasteiger partial charge in [-0.2, -0.15) is 0 Å². The van der Waals surface area contributed by atoms with Crippen LogP contribution in [0.2, 0.25) is 0 Å². The maximum Gasteiger partial charge on any atom is 0.256 e. The molecule has 1 fully saturated rings. The Bertz CT molecular complexity index is 844. The van der Waals surface area contributed by atoms with Crippen LogP contribution in [0.3, 0.4) is 0 Å². The minimum Gasteiger partial charge on any atom is -0.371 e. The number of sulfonamides is 1. The van der Waals surface area contributed by atoms with E-state index in [-0.39, 0.29) is 23.3 Å². The number of carbonyl (C=O) groups is 2. The minimum atomic E-state index is -3.67. The Balaban J connectivity index is 2.41. The van der Waals surface area contributed by atoms with Crippen LogP contribution in [0, 0.1) is 0 Å². The van der Waals surface area contributed by atoms with Gasteiger partial charge in [0.05, 0.1) is 17.0 Å². The Labute approximate surface area is 174 Å². The molecule has 0 aromatic heterocycles. The summed E-state index contributed by atoms with van der Waals surface area (Å²) in [4.78, 5) is 30.8. The van der Waals surface area contributed by atoms with Crippen molar-refractivity contribution in [1.82, 2.24) is 14.1 Å². The standard InChI is InChI=1S/C20H32N4O4S/c1-6-23(7-2)19(25)15-22(5)20(26)17-14-16(29(27,28)21(3)4)10-11-18(17)24-12-8-9-13-24/h10-11,14H,6-9,12-13,15H2,1-5H3. The second kappa shape index (κ2) is 9.58. The molecule has 0 unspecified atom stereocenters. The lowest BCUT2D eigenvalue weighted by molar-refractivity contribution is -0.131. The predicted octanol–water partition coefficient (Wildman–Crippen LogP) is 1.48. The first-order valence-electron chi connectivity index (χ1n) is 9.98. The molecule has 2 rings (SSSR count). The van der Waals surface area contributed by atoms with Crippen molar-refractivity contribution < 1.29 is 18.0 Å². The van der Waals surface area contributed by atoms with Crippen LogP contribution in [0.15, 0.2) is 23.1 Å². The highest BCUT2D eigenvalue weighted by atomic mass is 32.2. The molecule has 29 heavy (non-hydrogen) atoms. The van der Waals surface area contributed by atoms with Gasteiger partial charge < -0.3 is 14.7 Å². The number of amides is 2. The number of anilines is 1. The van der Waals surface area contributed by atoms with Gasteiger partial charge in [-0.3, -0.25) is 9.59 Å². The average molecular weight is 425 g/mol. The van der Waals surface area contributed by atoms with Crippen LogP contribution >= 0.6 is 0 Å². The third-order valence-corrected chi connectivity index (χ3v) is 7.07. The molecule has 1 heterocycles. The number of nitrogens with zero attached hydrogens (tertiary/aromatic N) is 4. The monoisotopic (exact) mass is 424 g/mol. The molecule has 0 bridgehead atoms. The van der Waals surface area contributed by atoms with E-state index in [1.165, 1.54) is 25.1 Å². The zero-order valence-electron chi connectivity index (χ0n) is 18.0. The summed E-state index contributed by atoms with van der Waals surface area (Å²) in [5.74, 6) is -0.492. The van der Waals surface area contributed by atoms with E-state index in [9.17, 15) is 18.0 Å². The zero-order valence-corrected chi connectivity index (χ0v) is 18.8. The van der Waals surface area contributed by atoms with Crippen molar-refractivity contribution in [2.75, 3.05) is 58.8 Å². The van der Waals surface area contributed by atoms with Crippen LogP contribution in [0.5, 0.6) is 0 Å². The fourth-order valence-electron chi connectivity index (χ4n) is 3.45. The van der Waals surface area contributed by atoms with E-state index in [1.54, 1.807) is 24.1 Å². The number of hydrogen-bond acceptors (Lipinski definition) is 5. The number of carbonyl (C=O) groups excluding carboxylic acids is 2. The molecular weight excluding hydrogens is 392 g/mol. The maximum atomic E-state index is 13.2. The molecule has 1 aromatic carbocycles. The topological polar surface area (TPSA) is 81.2 Å². The van der Waals surface area contributed by atoms with E-state index in [4.69, 9.17) is 0 Å². The Morgan fingerprint density at radius 1 is 1.03 bits per heavy atom. The molecule has 0 radical (unpaired) electrons. The second-order valence-electron chi connectivity index (χ2n) is 7.39. The van der Waals surface area contributed by atoms with Crippen molar-refractivity contribution >= 4 is 27.5 Å². The highest BCUT2D eigenvalue weighted by Crippen LogP contribution is 2.29. The number of rotatable bonds is 8. The predicted molar refractivity (Wildman–Crippen MR) is 114 cm³/mol. The van der Waals surface area contributed by atoms with Crippen molar-refractivity contribution in [1.29, 1.82) is 0 Å². The van der Waals surface area contributed by atoms with Gasteiger partial charge in [0.25, 0.3) is 5.91 Å². The van der Waals surface area contributed by atoms with Crippen LogP contribution in [0.1, 0.15) is 37.0 Å². The molecule has 0 N–H and O–H groups in total. The highest BCUT2D eigenvalue weighted by Gasteiger charge is 2.27. The third-order valence-electron chi connectivity index (χ3n) is 5.26. The van der Waals surface area contributed by atoms with Crippen LogP contribution in [0.25, 0.3) is 0 Å². The van der Waals surface area contributed by atoms with Gasteiger partial charge in [0.2, 0.25) is 15.9 Å². The van der Waals surface area contributed by atoms with Crippen molar-refractivity contribution in [2.24, 2.45) is 0 Å².